The van der Waals surface area contributed by atoms with E-state index in [1.165, 1.54) is 12.1 Å². The van der Waals surface area contributed by atoms with Crippen LogP contribution < -0.4 is 15.5 Å². The first-order chi connectivity index (χ1) is 11.1. The predicted molar refractivity (Wildman–Crippen MR) is 88.7 cm³/mol. The van der Waals surface area contributed by atoms with Crippen LogP contribution in [0.5, 0.6) is 0 Å². The first-order valence-corrected chi connectivity index (χ1v) is 7.69. The van der Waals surface area contributed by atoms with Gasteiger partial charge in [-0.25, -0.2) is 9.37 Å². The van der Waals surface area contributed by atoms with E-state index in [-0.39, 0.29) is 16.5 Å². The second-order valence-electron chi connectivity index (χ2n) is 5.22. The van der Waals surface area contributed by atoms with Crippen LogP contribution in [-0.2, 0) is 0 Å². The van der Waals surface area contributed by atoms with E-state index in [0.29, 0.717) is 5.82 Å². The fourth-order valence-electron chi connectivity index (χ4n) is 2.40. The Balaban J connectivity index is 1.67. The molecule has 1 fully saturated rings. The first kappa shape index (κ1) is 15.7. The highest BCUT2D eigenvalue weighted by Gasteiger charge is 2.12. The maximum absolute atomic E-state index is 13.1. The van der Waals surface area contributed by atoms with Crippen molar-refractivity contribution in [3.63, 3.8) is 0 Å². The molecule has 0 saturated carbocycles. The summed E-state index contributed by atoms with van der Waals surface area (Å²) < 4.78 is 13.1. The highest BCUT2D eigenvalue weighted by molar-refractivity contribution is 6.31. The van der Waals surface area contributed by atoms with E-state index in [4.69, 9.17) is 11.6 Å². The van der Waals surface area contributed by atoms with Crippen LogP contribution in [0.15, 0.2) is 36.5 Å². The third kappa shape index (κ3) is 3.78. The number of anilines is 2. The summed E-state index contributed by atoms with van der Waals surface area (Å²) in [4.78, 5) is 18.6. The van der Waals surface area contributed by atoms with Gasteiger partial charge in [0.25, 0.3) is 5.91 Å². The topological polar surface area (TPSA) is 57.3 Å². The van der Waals surface area contributed by atoms with Gasteiger partial charge in [-0.05, 0) is 30.3 Å². The number of hydrogen-bond acceptors (Lipinski definition) is 4. The van der Waals surface area contributed by atoms with E-state index in [9.17, 15) is 9.18 Å². The van der Waals surface area contributed by atoms with E-state index in [0.717, 1.165) is 37.9 Å². The summed E-state index contributed by atoms with van der Waals surface area (Å²) in [5, 5.41) is 5.88. The Labute approximate surface area is 138 Å². The fourth-order valence-corrected chi connectivity index (χ4v) is 2.58. The molecule has 2 aromatic rings. The minimum absolute atomic E-state index is 0.0836. The Morgan fingerprint density at radius 1 is 1.26 bits per heavy atom. The van der Waals surface area contributed by atoms with E-state index in [1.54, 1.807) is 12.3 Å². The van der Waals surface area contributed by atoms with Gasteiger partial charge in [-0.15, -0.1) is 0 Å². The number of nitrogens with one attached hydrogen (secondary N) is 2. The number of pyridine rings is 1. The van der Waals surface area contributed by atoms with Crippen LogP contribution in [0.2, 0.25) is 5.02 Å². The highest BCUT2D eigenvalue weighted by atomic mass is 35.5. The molecule has 3 rings (SSSR count). The zero-order chi connectivity index (χ0) is 16.2. The fraction of sp³-hybridized carbons (Fsp3) is 0.250. The van der Waals surface area contributed by atoms with Crippen molar-refractivity contribution in [2.75, 3.05) is 36.4 Å². The minimum Gasteiger partial charge on any atom is -0.368 e. The number of hydrogen-bond donors (Lipinski definition) is 2. The van der Waals surface area contributed by atoms with Gasteiger partial charge < -0.3 is 15.5 Å². The Morgan fingerprint density at radius 2 is 2.04 bits per heavy atom. The van der Waals surface area contributed by atoms with Crippen molar-refractivity contribution in [1.29, 1.82) is 0 Å². The first-order valence-electron chi connectivity index (χ1n) is 7.31. The average Bonchev–Trinajstić information content (AvgIpc) is 2.59. The summed E-state index contributed by atoms with van der Waals surface area (Å²) >= 11 is 5.69. The number of nitrogens with zero attached hydrogens (tertiary/aromatic N) is 2. The lowest BCUT2D eigenvalue weighted by Crippen LogP contribution is -2.43. The molecule has 5 nitrogen and oxygen atoms in total. The normalized spacial score (nSPS) is 14.6. The Morgan fingerprint density at radius 3 is 2.70 bits per heavy atom. The van der Waals surface area contributed by atoms with Gasteiger partial charge in [-0.2, -0.15) is 0 Å². The molecule has 120 valence electrons. The molecule has 0 bridgehead atoms. The van der Waals surface area contributed by atoms with Gasteiger partial charge in [0.15, 0.2) is 0 Å². The van der Waals surface area contributed by atoms with Gasteiger partial charge in [0.2, 0.25) is 0 Å². The SMILES string of the molecule is O=C(Nc1ccc(N2CCNCC2)cn1)c1ccc(F)c(Cl)c1. The lowest BCUT2D eigenvalue weighted by molar-refractivity contribution is 0.102. The maximum atomic E-state index is 13.1. The van der Waals surface area contributed by atoms with Crippen molar-refractivity contribution in [2.24, 2.45) is 0 Å². The summed E-state index contributed by atoms with van der Waals surface area (Å²) in [6.07, 6.45) is 1.73. The van der Waals surface area contributed by atoms with Crippen LogP contribution >= 0.6 is 11.6 Å². The van der Waals surface area contributed by atoms with Gasteiger partial charge in [-0.1, -0.05) is 11.6 Å². The smallest absolute Gasteiger partial charge is 0.256 e. The molecule has 1 aliphatic rings. The van der Waals surface area contributed by atoms with Crippen LogP contribution in [0.25, 0.3) is 0 Å². The van der Waals surface area contributed by atoms with Gasteiger partial charge >= 0.3 is 0 Å². The Hall–Kier alpha value is -2.18. The molecule has 0 radical (unpaired) electrons. The molecule has 1 aliphatic heterocycles. The summed E-state index contributed by atoms with van der Waals surface area (Å²) in [6, 6.07) is 7.51. The van der Waals surface area contributed by atoms with Crippen molar-refractivity contribution in [1.82, 2.24) is 10.3 Å². The summed E-state index contributed by atoms with van der Waals surface area (Å²) in [5.74, 6) is -0.495. The number of rotatable bonds is 3. The molecule has 0 unspecified atom stereocenters. The van der Waals surface area contributed by atoms with E-state index < -0.39 is 5.82 Å². The molecular weight excluding hydrogens is 319 g/mol. The van der Waals surface area contributed by atoms with Crippen LogP contribution in [0.3, 0.4) is 0 Å². The molecule has 1 aromatic heterocycles. The summed E-state index contributed by atoms with van der Waals surface area (Å²) in [6.45, 7) is 3.76. The van der Waals surface area contributed by atoms with Gasteiger partial charge in [0.1, 0.15) is 11.6 Å². The number of benzene rings is 1. The van der Waals surface area contributed by atoms with Crippen LogP contribution in [-0.4, -0.2) is 37.1 Å². The number of halogens is 2. The van der Waals surface area contributed by atoms with Crippen LogP contribution in [0.4, 0.5) is 15.9 Å². The minimum atomic E-state index is -0.554. The third-order valence-corrected chi connectivity index (χ3v) is 3.94. The molecule has 2 N–H and O–H groups in total. The molecule has 1 saturated heterocycles. The zero-order valence-corrected chi connectivity index (χ0v) is 13.1. The number of piperazine rings is 1. The lowest BCUT2D eigenvalue weighted by Gasteiger charge is -2.29. The second-order valence-corrected chi connectivity index (χ2v) is 5.63. The standard InChI is InChI=1S/C16H16ClFN4O/c17-13-9-11(1-3-14(13)18)16(23)21-15-4-2-12(10-20-15)22-7-5-19-6-8-22/h1-4,9-10,19H,5-8H2,(H,20,21,23). The molecule has 7 heteroatoms. The molecule has 23 heavy (non-hydrogen) atoms. The largest absolute Gasteiger partial charge is 0.368 e. The molecule has 0 aliphatic carbocycles. The van der Waals surface area contributed by atoms with Crippen molar-refractivity contribution >= 4 is 29.0 Å². The van der Waals surface area contributed by atoms with Gasteiger partial charge in [-0.3, -0.25) is 4.79 Å². The molecule has 0 atom stereocenters. The quantitative estimate of drug-likeness (QED) is 0.905. The molecule has 2 heterocycles. The predicted octanol–water partition coefficient (Wildman–Crippen LogP) is 2.54. The highest BCUT2D eigenvalue weighted by Crippen LogP contribution is 2.18. The van der Waals surface area contributed by atoms with Crippen molar-refractivity contribution in [2.45, 2.75) is 0 Å². The maximum Gasteiger partial charge on any atom is 0.256 e. The molecule has 1 aromatic carbocycles. The van der Waals surface area contributed by atoms with Crippen LogP contribution in [0.1, 0.15) is 10.4 Å². The van der Waals surface area contributed by atoms with Gasteiger partial charge in [0.05, 0.1) is 16.9 Å². The summed E-state index contributed by atoms with van der Waals surface area (Å²) in [7, 11) is 0. The van der Waals surface area contributed by atoms with E-state index in [2.05, 4.69) is 20.5 Å². The number of aromatic nitrogens is 1. The number of carbonyl (C=O) groups is 1. The van der Waals surface area contributed by atoms with Crippen LogP contribution in [0, 0.1) is 5.82 Å². The lowest BCUT2D eigenvalue weighted by atomic mass is 10.2. The Bertz CT molecular complexity index is 702. The van der Waals surface area contributed by atoms with Crippen molar-refractivity contribution < 1.29 is 9.18 Å². The van der Waals surface area contributed by atoms with E-state index >= 15 is 0 Å². The zero-order valence-electron chi connectivity index (χ0n) is 12.4. The third-order valence-electron chi connectivity index (χ3n) is 3.65. The van der Waals surface area contributed by atoms with Crippen molar-refractivity contribution in [3.8, 4) is 0 Å². The Kier molecular flexibility index (Phi) is 4.73. The van der Waals surface area contributed by atoms with Gasteiger partial charge in [0, 0.05) is 31.7 Å². The van der Waals surface area contributed by atoms with Crippen molar-refractivity contribution in [3.05, 3.63) is 52.9 Å². The summed E-state index contributed by atoms with van der Waals surface area (Å²) in [5.41, 5.74) is 1.30. The molecular formula is C16H16ClFN4O. The second kappa shape index (κ2) is 6.93. The monoisotopic (exact) mass is 334 g/mol. The number of carbonyl (C=O) groups excluding carboxylic acids is 1. The average molecular weight is 335 g/mol. The molecule has 1 amide bonds. The number of amides is 1. The molecule has 0 spiro atoms. The van der Waals surface area contributed by atoms with E-state index in [1.807, 2.05) is 6.07 Å².